The molecule has 0 bridgehead atoms. The van der Waals surface area contributed by atoms with Gasteiger partial charge in [-0.1, -0.05) is 13.8 Å². The van der Waals surface area contributed by atoms with Crippen molar-refractivity contribution in [3.8, 4) is 0 Å². The van der Waals surface area contributed by atoms with Gasteiger partial charge < -0.3 is 5.32 Å². The van der Waals surface area contributed by atoms with Crippen molar-refractivity contribution in [2.75, 3.05) is 13.1 Å². The molecule has 0 radical (unpaired) electrons. The molecule has 0 amide bonds. The first kappa shape index (κ1) is 9.26. The third kappa shape index (κ3) is 3.05. The number of hydrogen-bond donors (Lipinski definition) is 1. The Hall–Kier alpha value is -0.830. The Balaban J connectivity index is 2.22. The molecule has 0 aliphatic rings. The fraction of sp³-hybridized carbons (Fsp3) is 0.667. The van der Waals surface area contributed by atoms with E-state index in [0.29, 0.717) is 5.92 Å². The van der Waals surface area contributed by atoms with Gasteiger partial charge in [0.25, 0.3) is 0 Å². The van der Waals surface area contributed by atoms with Gasteiger partial charge in [0, 0.05) is 18.9 Å². The van der Waals surface area contributed by atoms with Crippen LogP contribution in [0.25, 0.3) is 0 Å². The van der Waals surface area contributed by atoms with Crippen molar-refractivity contribution >= 4 is 0 Å². The zero-order valence-corrected chi connectivity index (χ0v) is 7.83. The Morgan fingerprint density at radius 1 is 1.58 bits per heavy atom. The van der Waals surface area contributed by atoms with Crippen LogP contribution in [-0.2, 0) is 6.54 Å². The number of nitrogens with one attached hydrogen (secondary N) is 1. The standard InChI is InChI=1S/C9H17N3/c1-3-10-7-9(2)8-12-6-4-5-11-12/h4-6,9-10H,3,7-8H2,1-2H3. The maximum atomic E-state index is 4.15. The number of nitrogens with zero attached hydrogens (tertiary/aromatic N) is 2. The van der Waals surface area contributed by atoms with E-state index in [1.807, 2.05) is 23.1 Å². The monoisotopic (exact) mass is 167 g/mol. The van der Waals surface area contributed by atoms with Gasteiger partial charge in [-0.15, -0.1) is 0 Å². The third-order valence-electron chi connectivity index (χ3n) is 1.80. The maximum Gasteiger partial charge on any atom is 0.0489 e. The molecule has 0 aliphatic heterocycles. The average molecular weight is 167 g/mol. The molecule has 1 unspecified atom stereocenters. The van der Waals surface area contributed by atoms with Crippen LogP contribution in [-0.4, -0.2) is 22.9 Å². The summed E-state index contributed by atoms with van der Waals surface area (Å²) >= 11 is 0. The highest BCUT2D eigenvalue weighted by Crippen LogP contribution is 1.97. The Morgan fingerprint density at radius 2 is 2.42 bits per heavy atom. The van der Waals surface area contributed by atoms with Gasteiger partial charge in [0.2, 0.25) is 0 Å². The lowest BCUT2D eigenvalue weighted by molar-refractivity contribution is 0.427. The maximum absolute atomic E-state index is 4.15. The molecule has 1 atom stereocenters. The highest BCUT2D eigenvalue weighted by molar-refractivity contribution is 4.78. The Bertz CT molecular complexity index is 194. The Labute approximate surface area is 73.8 Å². The molecule has 0 saturated heterocycles. The molecule has 0 fully saturated rings. The number of hydrogen-bond acceptors (Lipinski definition) is 2. The van der Waals surface area contributed by atoms with E-state index < -0.39 is 0 Å². The van der Waals surface area contributed by atoms with Crippen molar-refractivity contribution in [3.05, 3.63) is 18.5 Å². The molecule has 3 nitrogen and oxygen atoms in total. The Kier molecular flexibility index (Phi) is 3.80. The topological polar surface area (TPSA) is 29.9 Å². The van der Waals surface area contributed by atoms with Crippen LogP contribution in [0.4, 0.5) is 0 Å². The molecule has 0 saturated carbocycles. The molecule has 0 aromatic carbocycles. The van der Waals surface area contributed by atoms with E-state index in [0.717, 1.165) is 19.6 Å². The smallest absolute Gasteiger partial charge is 0.0489 e. The first-order chi connectivity index (χ1) is 5.83. The van der Waals surface area contributed by atoms with Gasteiger partial charge in [0.1, 0.15) is 0 Å². The van der Waals surface area contributed by atoms with Crippen molar-refractivity contribution in [1.82, 2.24) is 15.1 Å². The predicted octanol–water partition coefficient (Wildman–Crippen LogP) is 1.13. The minimum Gasteiger partial charge on any atom is -0.317 e. The molecular weight excluding hydrogens is 150 g/mol. The lowest BCUT2D eigenvalue weighted by Crippen LogP contribution is -2.23. The molecule has 1 aromatic heterocycles. The summed E-state index contributed by atoms with van der Waals surface area (Å²) in [6.45, 7) is 7.46. The predicted molar refractivity (Wildman–Crippen MR) is 49.9 cm³/mol. The van der Waals surface area contributed by atoms with Crippen LogP contribution in [0.15, 0.2) is 18.5 Å². The normalized spacial score (nSPS) is 13.2. The molecule has 0 aliphatic carbocycles. The van der Waals surface area contributed by atoms with E-state index >= 15 is 0 Å². The fourth-order valence-corrected chi connectivity index (χ4v) is 1.18. The summed E-state index contributed by atoms with van der Waals surface area (Å²) in [5.74, 6) is 0.643. The van der Waals surface area contributed by atoms with Crippen molar-refractivity contribution in [3.63, 3.8) is 0 Å². The summed E-state index contributed by atoms with van der Waals surface area (Å²) in [6, 6.07) is 1.96. The summed E-state index contributed by atoms with van der Waals surface area (Å²) in [7, 11) is 0. The molecular formula is C9H17N3. The molecule has 0 spiro atoms. The molecule has 12 heavy (non-hydrogen) atoms. The second kappa shape index (κ2) is 4.93. The summed E-state index contributed by atoms with van der Waals surface area (Å²) in [6.07, 6.45) is 3.82. The van der Waals surface area contributed by atoms with E-state index in [1.165, 1.54) is 0 Å². The van der Waals surface area contributed by atoms with E-state index in [2.05, 4.69) is 24.3 Å². The quantitative estimate of drug-likeness (QED) is 0.712. The minimum atomic E-state index is 0.643. The molecule has 1 rings (SSSR count). The van der Waals surface area contributed by atoms with Crippen LogP contribution in [0.5, 0.6) is 0 Å². The van der Waals surface area contributed by atoms with Crippen LogP contribution in [0.1, 0.15) is 13.8 Å². The first-order valence-electron chi connectivity index (χ1n) is 4.51. The second-order valence-electron chi connectivity index (χ2n) is 3.14. The molecule has 68 valence electrons. The molecule has 1 heterocycles. The molecule has 1 N–H and O–H groups in total. The van der Waals surface area contributed by atoms with Gasteiger partial charge in [0.05, 0.1) is 0 Å². The van der Waals surface area contributed by atoms with Crippen LogP contribution in [0.2, 0.25) is 0 Å². The van der Waals surface area contributed by atoms with Crippen molar-refractivity contribution in [2.45, 2.75) is 20.4 Å². The van der Waals surface area contributed by atoms with Crippen LogP contribution in [0, 0.1) is 5.92 Å². The summed E-state index contributed by atoms with van der Waals surface area (Å²) in [5.41, 5.74) is 0. The van der Waals surface area contributed by atoms with Gasteiger partial charge in [-0.3, -0.25) is 4.68 Å². The highest BCUT2D eigenvalue weighted by atomic mass is 15.3. The van der Waals surface area contributed by atoms with Crippen molar-refractivity contribution in [1.29, 1.82) is 0 Å². The molecule has 3 heteroatoms. The van der Waals surface area contributed by atoms with Crippen LogP contribution < -0.4 is 5.32 Å². The first-order valence-corrected chi connectivity index (χ1v) is 4.51. The van der Waals surface area contributed by atoms with E-state index in [1.54, 1.807) is 0 Å². The second-order valence-corrected chi connectivity index (χ2v) is 3.14. The largest absolute Gasteiger partial charge is 0.317 e. The van der Waals surface area contributed by atoms with E-state index in [4.69, 9.17) is 0 Å². The average Bonchev–Trinajstić information content (AvgIpc) is 2.53. The van der Waals surface area contributed by atoms with Gasteiger partial charge in [-0.05, 0) is 25.1 Å². The van der Waals surface area contributed by atoms with E-state index in [9.17, 15) is 0 Å². The van der Waals surface area contributed by atoms with Gasteiger partial charge >= 0.3 is 0 Å². The van der Waals surface area contributed by atoms with Gasteiger partial charge in [0.15, 0.2) is 0 Å². The highest BCUT2D eigenvalue weighted by Gasteiger charge is 2.01. The fourth-order valence-electron chi connectivity index (χ4n) is 1.18. The lowest BCUT2D eigenvalue weighted by Gasteiger charge is -2.11. The third-order valence-corrected chi connectivity index (χ3v) is 1.80. The van der Waals surface area contributed by atoms with Gasteiger partial charge in [-0.25, -0.2) is 0 Å². The Morgan fingerprint density at radius 3 is 3.00 bits per heavy atom. The van der Waals surface area contributed by atoms with Crippen LogP contribution in [0.3, 0.4) is 0 Å². The summed E-state index contributed by atoms with van der Waals surface area (Å²) in [5, 5.41) is 7.47. The molecule has 1 aromatic rings. The summed E-state index contributed by atoms with van der Waals surface area (Å²) < 4.78 is 1.97. The number of rotatable bonds is 5. The zero-order valence-electron chi connectivity index (χ0n) is 7.83. The van der Waals surface area contributed by atoms with E-state index in [-0.39, 0.29) is 0 Å². The zero-order chi connectivity index (χ0) is 8.81. The number of aromatic nitrogens is 2. The lowest BCUT2D eigenvalue weighted by atomic mass is 10.2. The van der Waals surface area contributed by atoms with Crippen molar-refractivity contribution < 1.29 is 0 Å². The van der Waals surface area contributed by atoms with Crippen molar-refractivity contribution in [2.24, 2.45) is 5.92 Å². The summed E-state index contributed by atoms with van der Waals surface area (Å²) in [4.78, 5) is 0. The SMILES string of the molecule is CCNCC(C)Cn1cccn1. The minimum absolute atomic E-state index is 0.643. The van der Waals surface area contributed by atoms with Crippen LogP contribution >= 0.6 is 0 Å². The van der Waals surface area contributed by atoms with Gasteiger partial charge in [-0.2, -0.15) is 5.10 Å².